The Morgan fingerprint density at radius 2 is 1.58 bits per heavy atom. The molecule has 0 rings (SSSR count). The Bertz CT molecular complexity index is 643. The van der Waals surface area contributed by atoms with Crippen LogP contribution in [0.1, 0.15) is 40.0 Å². The van der Waals surface area contributed by atoms with Gasteiger partial charge in [-0.15, -0.1) is 0 Å². The molecule has 0 fully saturated rings. The topological polar surface area (TPSA) is 136 Å². The largest absolute Gasteiger partial charge is 0.478 e. The van der Waals surface area contributed by atoms with Crippen LogP contribution in [0.3, 0.4) is 0 Å². The van der Waals surface area contributed by atoms with E-state index < -0.39 is 17.9 Å². The van der Waals surface area contributed by atoms with E-state index in [9.17, 15) is 19.2 Å². The van der Waals surface area contributed by atoms with Crippen molar-refractivity contribution in [2.24, 2.45) is 0 Å². The lowest BCUT2D eigenvalue weighted by Gasteiger charge is -1.99. The van der Waals surface area contributed by atoms with Gasteiger partial charge >= 0.3 is 23.9 Å². The first-order valence-corrected chi connectivity index (χ1v) is 9.37. The normalized spacial score (nSPS) is 9.52. The molecule has 0 atom stereocenters. The quantitative estimate of drug-likeness (QED) is 0.214. The van der Waals surface area contributed by atoms with Gasteiger partial charge < -0.3 is 24.4 Å². The van der Waals surface area contributed by atoms with Gasteiger partial charge in [-0.25, -0.2) is 19.2 Å². The summed E-state index contributed by atoms with van der Waals surface area (Å²) in [7, 11) is 1.25. The van der Waals surface area contributed by atoms with Gasteiger partial charge in [0.2, 0.25) is 0 Å². The fourth-order valence-electron chi connectivity index (χ4n) is 1.23. The molecule has 0 aromatic rings. The highest BCUT2D eigenvalue weighted by molar-refractivity contribution is 5.89. The average Bonchev–Trinajstić information content (AvgIpc) is 2.75. The van der Waals surface area contributed by atoms with E-state index in [1.807, 2.05) is 6.92 Å². The van der Waals surface area contributed by atoms with Crippen molar-refractivity contribution >= 4 is 23.9 Å². The van der Waals surface area contributed by atoms with Crippen LogP contribution in [0.2, 0.25) is 0 Å². The number of aliphatic carboxylic acids is 1. The third-order valence-electron chi connectivity index (χ3n) is 3.05. The highest BCUT2D eigenvalue weighted by atomic mass is 16.5. The summed E-state index contributed by atoms with van der Waals surface area (Å²) >= 11 is 0. The molecule has 0 saturated carbocycles. The lowest BCUT2D eigenvalue weighted by Crippen LogP contribution is -2.08. The van der Waals surface area contributed by atoms with Crippen LogP contribution in [0.15, 0.2) is 48.6 Å². The van der Waals surface area contributed by atoms with Gasteiger partial charge in [-0.3, -0.25) is 0 Å². The van der Waals surface area contributed by atoms with E-state index in [1.54, 1.807) is 6.92 Å². The molecule has 0 aromatic carbocycles. The van der Waals surface area contributed by atoms with Crippen molar-refractivity contribution in [1.82, 2.24) is 0 Å². The van der Waals surface area contributed by atoms with Crippen molar-refractivity contribution in [3.63, 3.8) is 0 Å². The van der Waals surface area contributed by atoms with Crippen LogP contribution in [0.4, 0.5) is 0 Å². The molecule has 9 nitrogen and oxygen atoms in total. The van der Waals surface area contributed by atoms with Gasteiger partial charge in [-0.2, -0.15) is 0 Å². The number of aliphatic hydroxyl groups is 1. The second-order valence-corrected chi connectivity index (χ2v) is 5.86. The van der Waals surface area contributed by atoms with Crippen LogP contribution in [-0.2, 0) is 33.4 Å². The summed E-state index contributed by atoms with van der Waals surface area (Å²) in [6.45, 7) is 15.5. The molecule has 176 valence electrons. The Morgan fingerprint density at radius 1 is 1.00 bits per heavy atom. The number of hydrogen-bond donors (Lipinski definition) is 2. The number of ether oxygens (including phenoxy) is 3. The summed E-state index contributed by atoms with van der Waals surface area (Å²) in [4.78, 5) is 41.9. The summed E-state index contributed by atoms with van der Waals surface area (Å²) in [6, 6.07) is 0. The molecule has 0 bridgehead atoms. The number of unbranched alkanes of at least 4 members (excludes halogenated alkanes) is 1. The van der Waals surface area contributed by atoms with Crippen LogP contribution in [0, 0.1) is 0 Å². The monoisotopic (exact) mass is 442 g/mol. The number of carboxylic acid groups (broad SMARTS) is 1. The first kappa shape index (κ1) is 32.5. The molecule has 0 aliphatic rings. The maximum Gasteiger partial charge on any atom is 0.333 e. The van der Waals surface area contributed by atoms with Crippen molar-refractivity contribution in [2.45, 2.75) is 40.0 Å². The van der Waals surface area contributed by atoms with Crippen molar-refractivity contribution < 1.29 is 43.6 Å². The van der Waals surface area contributed by atoms with Crippen molar-refractivity contribution in [2.75, 3.05) is 26.9 Å². The summed E-state index contributed by atoms with van der Waals surface area (Å²) < 4.78 is 13.5. The minimum atomic E-state index is -1.00. The highest BCUT2D eigenvalue weighted by Gasteiger charge is 2.06. The van der Waals surface area contributed by atoms with Crippen LogP contribution >= 0.6 is 0 Å². The minimum absolute atomic E-state index is 0.0473. The van der Waals surface area contributed by atoms with Gasteiger partial charge in [0.1, 0.15) is 6.61 Å². The molecule has 0 aliphatic carbocycles. The Labute approximate surface area is 183 Å². The van der Waals surface area contributed by atoms with Crippen LogP contribution in [0.25, 0.3) is 0 Å². The first-order valence-electron chi connectivity index (χ1n) is 9.37. The predicted octanol–water partition coefficient (Wildman–Crippen LogP) is 2.75. The van der Waals surface area contributed by atoms with Gasteiger partial charge in [0.05, 0.1) is 20.3 Å². The number of hydrogen-bond acceptors (Lipinski definition) is 8. The highest BCUT2D eigenvalue weighted by Crippen LogP contribution is 2.04. The summed E-state index contributed by atoms with van der Waals surface area (Å²) in [5.41, 5.74) is 0.775. The molecular weight excluding hydrogens is 408 g/mol. The maximum absolute atomic E-state index is 10.8. The zero-order valence-electron chi connectivity index (χ0n) is 18.8. The lowest BCUT2D eigenvalue weighted by atomic mass is 10.1. The van der Waals surface area contributed by atoms with E-state index in [4.69, 9.17) is 10.2 Å². The number of rotatable bonds is 11. The number of esters is 3. The van der Waals surface area contributed by atoms with Gasteiger partial charge in [-0.05, 0) is 26.7 Å². The Balaban J connectivity index is -0.000000390. The second kappa shape index (κ2) is 21.5. The molecule has 31 heavy (non-hydrogen) atoms. The van der Waals surface area contributed by atoms with Crippen molar-refractivity contribution in [3.8, 4) is 0 Å². The van der Waals surface area contributed by atoms with Gasteiger partial charge in [0.25, 0.3) is 0 Å². The van der Waals surface area contributed by atoms with E-state index in [1.165, 1.54) is 26.2 Å². The van der Waals surface area contributed by atoms with Gasteiger partial charge in [0, 0.05) is 22.8 Å². The van der Waals surface area contributed by atoms with Gasteiger partial charge in [-0.1, -0.05) is 39.2 Å². The van der Waals surface area contributed by atoms with Crippen molar-refractivity contribution in [1.29, 1.82) is 0 Å². The molecule has 0 amide bonds. The lowest BCUT2D eigenvalue weighted by molar-refractivity contribution is -0.140. The predicted molar refractivity (Wildman–Crippen MR) is 116 cm³/mol. The molecule has 2 N–H and O–H groups in total. The molecule has 9 heteroatoms. The first-order chi connectivity index (χ1) is 14.5. The molecular formula is C22H34O9. The second-order valence-electron chi connectivity index (χ2n) is 5.86. The molecule has 0 radical (unpaired) electrons. The Morgan fingerprint density at radius 3 is 1.97 bits per heavy atom. The summed E-state index contributed by atoms with van der Waals surface area (Å²) in [6.07, 6.45) is 4.77. The summed E-state index contributed by atoms with van der Waals surface area (Å²) in [5, 5.41) is 16.7. The Kier molecular flexibility index (Phi) is 22.5. The van der Waals surface area contributed by atoms with Crippen LogP contribution in [0.5, 0.6) is 0 Å². The third kappa shape index (κ3) is 22.9. The molecule has 0 unspecified atom stereocenters. The zero-order chi connectivity index (χ0) is 24.8. The maximum atomic E-state index is 10.8. The number of methoxy groups -OCH3 is 1. The van der Waals surface area contributed by atoms with Crippen LogP contribution in [-0.4, -0.2) is 61.0 Å². The Hall–Kier alpha value is -3.20. The number of carboxylic acids is 1. The average molecular weight is 443 g/mol. The molecule has 0 heterocycles. The number of aliphatic hydroxyl groups excluding tert-OH is 1. The smallest absolute Gasteiger partial charge is 0.333 e. The SMILES string of the molecule is C=C(C)C(=O)OCCO.C=C(CC=C(C)C(=O)O)C(=O)OC.C=CC(=O)OCCCC. The fraction of sp³-hybridized carbons (Fsp3) is 0.455. The van der Waals surface area contributed by atoms with E-state index >= 15 is 0 Å². The number of allylic oxidation sites excluding steroid dienone is 1. The van der Waals surface area contributed by atoms with E-state index in [2.05, 4.69) is 33.9 Å². The molecule has 0 spiro atoms. The minimum Gasteiger partial charge on any atom is -0.478 e. The van der Waals surface area contributed by atoms with E-state index in [-0.39, 0.29) is 36.8 Å². The van der Waals surface area contributed by atoms with Gasteiger partial charge in [0.15, 0.2) is 0 Å². The molecule has 0 aliphatic heterocycles. The molecule has 0 saturated heterocycles. The third-order valence-corrected chi connectivity index (χ3v) is 3.05. The number of carbonyl (C=O) groups excluding carboxylic acids is 3. The fourth-order valence-corrected chi connectivity index (χ4v) is 1.23. The van der Waals surface area contributed by atoms with E-state index in [0.29, 0.717) is 12.2 Å². The van der Waals surface area contributed by atoms with Crippen LogP contribution < -0.4 is 0 Å². The standard InChI is InChI=1S/C9H12O4.C7H12O2.C6H10O3/c1-6(8(10)11)4-5-7(2)9(12)13-3;1-3-5-6-9-7(8)4-2;1-5(2)6(8)9-4-3-7/h4H,2,5H2,1,3H3,(H,10,11);4H,2-3,5-6H2,1H3;7H,1,3-4H2,2H3. The summed E-state index contributed by atoms with van der Waals surface area (Å²) in [5.74, 6) is -2.31. The zero-order valence-corrected chi connectivity index (χ0v) is 18.8. The molecule has 0 aromatic heterocycles. The van der Waals surface area contributed by atoms with E-state index in [0.717, 1.165) is 12.8 Å². The number of carbonyl (C=O) groups is 4. The van der Waals surface area contributed by atoms with Crippen molar-refractivity contribution in [3.05, 3.63) is 48.6 Å².